The van der Waals surface area contributed by atoms with Crippen LogP contribution in [0.15, 0.2) is 0 Å². The topological polar surface area (TPSA) is 690 Å². The molecule has 0 unspecified atom stereocenters. The van der Waals surface area contributed by atoms with E-state index in [0.29, 0.717) is 0 Å². The van der Waals surface area contributed by atoms with Crippen LogP contribution in [-0.4, -0.2) is 105 Å². The van der Waals surface area contributed by atoms with Gasteiger partial charge in [0.05, 0.1) is 0 Å². The maximum absolute atomic E-state index is 8.55. The summed E-state index contributed by atoms with van der Waals surface area (Å²) in [5, 5.41) is 0. The maximum Gasteiger partial charge on any atom is 4.00 e. The molecule has 0 amide bonds. The van der Waals surface area contributed by atoms with Gasteiger partial charge < -0.3 is 154 Å². The second-order valence-electron chi connectivity index (χ2n) is 3.58. The van der Waals surface area contributed by atoms with Gasteiger partial charge in [0.1, 0.15) is 0 Å². The van der Waals surface area contributed by atoms with Crippen molar-refractivity contribution >= 4 is 167 Å². The van der Waals surface area contributed by atoms with Crippen molar-refractivity contribution in [1.29, 1.82) is 0 Å². The minimum Gasteiger partial charge on any atom is -0.822 e. The molecule has 0 rings (SSSR count). The molecule has 0 aromatic carbocycles. The van der Waals surface area contributed by atoms with E-state index in [1.165, 1.54) is 0 Å². The molecule has 0 aromatic rings. The zero-order valence-corrected chi connectivity index (χ0v) is 39.8. The molecule has 0 saturated heterocycles. The molecule has 0 aliphatic carbocycles. The summed E-state index contributed by atoms with van der Waals surface area (Å²) in [6.45, 7) is 0. The Hall–Kier alpha value is 5.90. The predicted molar refractivity (Wildman–Crippen MR) is 95.4 cm³/mol. The van der Waals surface area contributed by atoms with Gasteiger partial charge in [-0.2, -0.15) is 62.6 Å². The first-order valence-electron chi connectivity index (χ1n) is 5.84. The van der Waals surface area contributed by atoms with E-state index in [1.807, 2.05) is 0 Å². The van der Waals surface area contributed by atoms with Gasteiger partial charge in [0, 0.05) is 0 Å². The molecule has 49 heteroatoms. The van der Waals surface area contributed by atoms with Crippen molar-refractivity contribution < 1.29 is 211 Å². The Labute approximate surface area is 374 Å². The number of hydrogen-bond donors (Lipinski definition) is 0. The van der Waals surface area contributed by atoms with Crippen molar-refractivity contribution in [2.45, 2.75) is 0 Å². The van der Waals surface area contributed by atoms with E-state index in [-0.39, 0.29) is 161 Å². The van der Waals surface area contributed by atoms with E-state index in [4.69, 9.17) is 154 Å². The standard InChI is InChI=1S/3Al.3Ge.3Li.8H3O4P/c;;;;;;;;;8*1-5(2,3)4/h;;;;;;;;;8*(H3,1,2,3,4)/q3*+3;3*+4;3*+1;;;;;;;;/p-24. The predicted octanol–water partition coefficient (Wildman–Crippen LogP) is -33.9. The molecule has 0 N–H and O–H groups in total. The molecule has 0 atom stereocenters. The molecule has 0 aromatic heterocycles. The van der Waals surface area contributed by atoms with E-state index >= 15 is 0 Å². The summed E-state index contributed by atoms with van der Waals surface area (Å²) in [6, 6.07) is 0. The summed E-state index contributed by atoms with van der Waals surface area (Å²) < 4.78 is 68.4. The second kappa shape index (κ2) is 51.9. The molecule has 0 aliphatic heterocycles. The SMILES string of the molecule is O=P([O-])([O-])[O-].O=P([O-])([O-])[O-].O=P([O-])([O-])[O-].O=P([O-])([O-])[O-].O=P([O-])([O-])[O-].O=P([O-])([O-])[O-].O=P([O-])([O-])[O-].O=P([O-])([O-])[O-].[Al+3].[Al+3].[Al+3].[Ge+4].[Ge+4].[Ge+4].[Li+].[Li+].[Li+]. The van der Waals surface area contributed by atoms with E-state index < -0.39 is 62.6 Å². The van der Waals surface area contributed by atoms with Gasteiger partial charge in [-0.1, -0.05) is 0 Å². The Bertz CT molecular complexity index is 686. The summed E-state index contributed by atoms with van der Waals surface area (Å²) in [5.41, 5.74) is 0. The summed E-state index contributed by atoms with van der Waals surface area (Å²) >= 11 is 0. The van der Waals surface area contributed by atoms with Crippen LogP contribution in [0.3, 0.4) is 0 Å². The van der Waals surface area contributed by atoms with Crippen molar-refractivity contribution in [1.82, 2.24) is 0 Å². The first kappa shape index (κ1) is 111. The Morgan fingerprint density at radius 1 is 0.184 bits per heavy atom. The first-order valence-corrected chi connectivity index (χ1v) is 17.5. The fourth-order valence-electron chi connectivity index (χ4n) is 0. The van der Waals surface area contributed by atoms with E-state index in [1.54, 1.807) is 0 Å². The largest absolute Gasteiger partial charge is 4.00 e. The summed E-state index contributed by atoms with van der Waals surface area (Å²) in [7, 11) is -43.1. The molecule has 0 aliphatic rings. The van der Waals surface area contributed by atoms with E-state index in [2.05, 4.69) is 0 Å². The fourth-order valence-corrected chi connectivity index (χ4v) is 0. The van der Waals surface area contributed by atoms with Crippen LogP contribution in [0.2, 0.25) is 0 Å². The fraction of sp³-hybridized carbons (Fsp3) is 0. The van der Waals surface area contributed by atoms with Gasteiger partial charge in [-0.25, -0.2) is 0 Å². The van der Waals surface area contributed by atoms with E-state index in [0.717, 1.165) is 0 Å². The zero-order chi connectivity index (χ0) is 36.0. The van der Waals surface area contributed by atoms with Gasteiger partial charge in [-0.15, -0.1) is 0 Å². The molecule has 49 heavy (non-hydrogen) atoms. The minimum absolute atomic E-state index is 0. The molecule has 0 radical (unpaired) electrons. The average Bonchev–Trinajstić information content (AvgIpc) is 2.16. The van der Waals surface area contributed by atoms with Gasteiger partial charge >= 0.3 is 161 Å². The van der Waals surface area contributed by atoms with Crippen LogP contribution in [-0.2, 0) is 36.5 Å². The van der Waals surface area contributed by atoms with Crippen molar-refractivity contribution in [3.05, 3.63) is 0 Å². The normalized spacial score (nSPS) is 9.63. The van der Waals surface area contributed by atoms with Crippen LogP contribution in [0.25, 0.3) is 0 Å². The van der Waals surface area contributed by atoms with Crippen molar-refractivity contribution in [3.63, 3.8) is 0 Å². The molecule has 0 spiro atoms. The second-order valence-corrected chi connectivity index (χ2v) is 10.7. The van der Waals surface area contributed by atoms with Crippen LogP contribution in [0, 0.1) is 0 Å². The summed E-state index contributed by atoms with van der Waals surface area (Å²) in [5.74, 6) is 0. The van der Waals surface area contributed by atoms with Crippen LogP contribution in [0.1, 0.15) is 0 Å². The molecule has 0 saturated carbocycles. The smallest absolute Gasteiger partial charge is 0.822 e. The molecule has 0 heterocycles. The van der Waals surface area contributed by atoms with E-state index in [9.17, 15) is 0 Å². The third-order valence-electron chi connectivity index (χ3n) is 0. The Morgan fingerprint density at radius 3 is 0.184 bits per heavy atom. The van der Waals surface area contributed by atoms with Crippen molar-refractivity contribution in [3.8, 4) is 0 Å². The van der Waals surface area contributed by atoms with Crippen molar-refractivity contribution in [2.24, 2.45) is 0 Å². The third kappa shape index (κ3) is 4170. The monoisotopic (exact) mass is 1080 g/mol. The number of rotatable bonds is 0. The Balaban J connectivity index is -0.0000000155. The molecule has 0 bridgehead atoms. The maximum atomic E-state index is 8.55. The van der Waals surface area contributed by atoms with Crippen LogP contribution in [0.4, 0.5) is 0 Å². The van der Waals surface area contributed by atoms with Crippen LogP contribution >= 0.6 is 62.6 Å². The van der Waals surface area contributed by atoms with Crippen LogP contribution in [0.5, 0.6) is 0 Å². The van der Waals surface area contributed by atoms with Gasteiger partial charge in [0.25, 0.3) is 0 Å². The first-order chi connectivity index (χ1) is 16.0. The van der Waals surface area contributed by atoms with Gasteiger partial charge in [0.15, 0.2) is 0 Å². The Morgan fingerprint density at radius 2 is 0.184 bits per heavy atom. The van der Waals surface area contributed by atoms with Crippen LogP contribution < -0.4 is 174 Å². The third-order valence-corrected chi connectivity index (χ3v) is 0. The summed E-state index contributed by atoms with van der Waals surface area (Å²) in [4.78, 5) is 205. The Kier molecular flexibility index (Phi) is 118. The minimum atomic E-state index is -5.39. The van der Waals surface area contributed by atoms with Gasteiger partial charge in [0.2, 0.25) is 0 Å². The average molecular weight is 1080 g/mol. The van der Waals surface area contributed by atoms with Crippen molar-refractivity contribution in [2.75, 3.05) is 0 Å². The molecule has 256 valence electrons. The zero-order valence-electron chi connectivity index (χ0n) is 22.9. The van der Waals surface area contributed by atoms with Gasteiger partial charge in [-0.05, 0) is 0 Å². The molecule has 0 fully saturated rings. The quantitative estimate of drug-likeness (QED) is 0.161. The number of phosphoric acid groups is 8. The molecular formula is Al3Ge3Li3O32P8. The molecule has 32 nitrogen and oxygen atoms in total. The molecular weight excluding hydrogens is 1080 g/mol. The number of hydrogen-bond acceptors (Lipinski definition) is 32. The summed E-state index contributed by atoms with van der Waals surface area (Å²) in [6.07, 6.45) is 0. The van der Waals surface area contributed by atoms with Gasteiger partial charge in [-0.3, -0.25) is 0 Å².